The van der Waals surface area contributed by atoms with Gasteiger partial charge in [-0.15, -0.1) is 24.0 Å². The summed E-state index contributed by atoms with van der Waals surface area (Å²) < 4.78 is 5.79. The zero-order valence-electron chi connectivity index (χ0n) is 15.3. The Bertz CT molecular complexity index is 506. The topological polar surface area (TPSA) is 40.1 Å². The molecule has 0 bridgehead atoms. The van der Waals surface area contributed by atoms with Gasteiger partial charge in [-0.1, -0.05) is 31.2 Å². The fourth-order valence-corrected chi connectivity index (χ4v) is 2.81. The Balaban J connectivity index is 0.00000288. The molecule has 6 heteroatoms. The normalized spacial score (nSPS) is 18.8. The molecule has 1 heterocycles. The number of hydrogen-bond acceptors (Lipinski definition) is 3. The Morgan fingerprint density at radius 1 is 1.33 bits per heavy atom. The monoisotopic (exact) mass is 446 g/mol. The van der Waals surface area contributed by atoms with E-state index in [0.29, 0.717) is 0 Å². The van der Waals surface area contributed by atoms with Gasteiger partial charge in [0.25, 0.3) is 0 Å². The molecule has 5 nitrogen and oxygen atoms in total. The molecule has 1 fully saturated rings. The Kier molecular flexibility index (Phi) is 9.61. The van der Waals surface area contributed by atoms with Crippen LogP contribution in [0.2, 0.25) is 0 Å². The molecule has 1 unspecified atom stereocenters. The maximum Gasteiger partial charge on any atom is 0.193 e. The van der Waals surface area contributed by atoms with E-state index in [2.05, 4.69) is 65.4 Å². The van der Waals surface area contributed by atoms with Gasteiger partial charge in [0, 0.05) is 40.3 Å². The minimum atomic E-state index is 0. The number of nitrogens with zero attached hydrogens (tertiary/aromatic N) is 3. The molecule has 0 amide bonds. The quantitative estimate of drug-likeness (QED) is 0.428. The molecule has 0 saturated carbocycles. The second-order valence-corrected chi connectivity index (χ2v) is 6.21. The van der Waals surface area contributed by atoms with Crippen LogP contribution in [0.15, 0.2) is 29.3 Å². The van der Waals surface area contributed by atoms with Gasteiger partial charge in [-0.3, -0.25) is 4.99 Å². The van der Waals surface area contributed by atoms with Gasteiger partial charge < -0.3 is 19.9 Å². The Labute approximate surface area is 163 Å². The summed E-state index contributed by atoms with van der Waals surface area (Å²) in [6, 6.07) is 8.79. The van der Waals surface area contributed by atoms with Gasteiger partial charge in [-0.25, -0.2) is 0 Å². The summed E-state index contributed by atoms with van der Waals surface area (Å²) in [6.45, 7) is 6.59. The number of benzene rings is 1. The van der Waals surface area contributed by atoms with E-state index in [1.165, 1.54) is 11.1 Å². The fraction of sp³-hybridized carbons (Fsp3) is 0.611. The van der Waals surface area contributed by atoms with Crippen LogP contribution in [0.5, 0.6) is 0 Å². The van der Waals surface area contributed by atoms with Crippen LogP contribution < -0.4 is 5.32 Å². The summed E-state index contributed by atoms with van der Waals surface area (Å²) in [7, 11) is 6.03. The zero-order chi connectivity index (χ0) is 16.7. The molecule has 0 aromatic heterocycles. The van der Waals surface area contributed by atoms with Crippen molar-refractivity contribution in [1.29, 1.82) is 0 Å². The Hall–Kier alpha value is -0.860. The average molecular weight is 446 g/mol. The van der Waals surface area contributed by atoms with Gasteiger partial charge in [-0.05, 0) is 24.6 Å². The highest BCUT2D eigenvalue weighted by Gasteiger charge is 2.18. The third-order valence-corrected chi connectivity index (χ3v) is 4.25. The van der Waals surface area contributed by atoms with Crippen molar-refractivity contribution in [3.8, 4) is 0 Å². The molecule has 0 spiro atoms. The van der Waals surface area contributed by atoms with Crippen molar-refractivity contribution in [1.82, 2.24) is 15.1 Å². The highest BCUT2D eigenvalue weighted by atomic mass is 127. The van der Waals surface area contributed by atoms with Crippen molar-refractivity contribution in [2.45, 2.75) is 26.0 Å². The number of halogens is 1. The number of hydrogen-bond donors (Lipinski definition) is 1. The lowest BCUT2D eigenvalue weighted by Gasteiger charge is -2.31. The van der Waals surface area contributed by atoms with Crippen molar-refractivity contribution in [3.05, 3.63) is 35.4 Å². The van der Waals surface area contributed by atoms with Crippen LogP contribution in [0, 0.1) is 0 Å². The summed E-state index contributed by atoms with van der Waals surface area (Å²) >= 11 is 0. The summed E-state index contributed by atoms with van der Waals surface area (Å²) in [4.78, 5) is 8.83. The molecular formula is C18H31IN4O. The first kappa shape index (κ1) is 21.2. The highest BCUT2D eigenvalue weighted by molar-refractivity contribution is 14.0. The second kappa shape index (κ2) is 10.9. The number of likely N-dealkylation sites (N-methyl/N-ethyl adjacent to an activating group) is 1. The predicted octanol–water partition coefficient (Wildman–Crippen LogP) is 2.20. The van der Waals surface area contributed by atoms with E-state index in [1.54, 1.807) is 0 Å². The molecule has 1 saturated heterocycles. The zero-order valence-corrected chi connectivity index (χ0v) is 17.6. The predicted molar refractivity (Wildman–Crippen MR) is 111 cm³/mol. The van der Waals surface area contributed by atoms with E-state index < -0.39 is 0 Å². The summed E-state index contributed by atoms with van der Waals surface area (Å²) in [6.07, 6.45) is 1.30. The fourth-order valence-electron chi connectivity index (χ4n) is 2.81. The standard InChI is InChI=1S/C18H30N4O.HI/c1-5-15-6-8-16(9-7-15)13-22(4)18(19-2)20-12-17-14-21(3)10-11-23-17;/h6-9,17H,5,10-14H2,1-4H3,(H,19,20);1H. The van der Waals surface area contributed by atoms with Gasteiger partial charge in [0.05, 0.1) is 12.7 Å². The molecule has 1 N–H and O–H groups in total. The molecule has 1 aromatic rings. The highest BCUT2D eigenvalue weighted by Crippen LogP contribution is 2.08. The van der Waals surface area contributed by atoms with Crippen molar-refractivity contribution in [2.75, 3.05) is 47.4 Å². The van der Waals surface area contributed by atoms with E-state index in [0.717, 1.165) is 45.2 Å². The number of aryl methyl sites for hydroxylation is 1. The maximum absolute atomic E-state index is 5.79. The SMILES string of the molecule is CCc1ccc(CN(C)C(=NC)NCC2CN(C)CCO2)cc1.I. The second-order valence-electron chi connectivity index (χ2n) is 6.21. The maximum atomic E-state index is 5.79. The minimum absolute atomic E-state index is 0. The third kappa shape index (κ3) is 6.57. The molecular weight excluding hydrogens is 415 g/mol. The van der Waals surface area contributed by atoms with E-state index in [-0.39, 0.29) is 30.1 Å². The average Bonchev–Trinajstić information content (AvgIpc) is 2.56. The van der Waals surface area contributed by atoms with E-state index in [1.807, 2.05) is 7.05 Å². The number of rotatable bonds is 5. The van der Waals surface area contributed by atoms with Crippen LogP contribution in [-0.4, -0.2) is 69.2 Å². The first-order valence-electron chi connectivity index (χ1n) is 8.42. The summed E-state index contributed by atoms with van der Waals surface area (Å²) in [5.74, 6) is 0.904. The van der Waals surface area contributed by atoms with Crippen molar-refractivity contribution in [3.63, 3.8) is 0 Å². The van der Waals surface area contributed by atoms with Crippen molar-refractivity contribution in [2.24, 2.45) is 4.99 Å². The Morgan fingerprint density at radius 2 is 2.00 bits per heavy atom. The van der Waals surface area contributed by atoms with Gasteiger partial charge in [-0.2, -0.15) is 0 Å². The number of nitrogens with one attached hydrogen (secondary N) is 1. The number of guanidine groups is 1. The molecule has 0 aliphatic carbocycles. The Morgan fingerprint density at radius 3 is 2.58 bits per heavy atom. The third-order valence-electron chi connectivity index (χ3n) is 4.25. The lowest BCUT2D eigenvalue weighted by molar-refractivity contribution is -0.0163. The summed E-state index contributed by atoms with van der Waals surface area (Å²) in [5, 5.41) is 3.43. The number of morpholine rings is 1. The van der Waals surface area contributed by atoms with Gasteiger partial charge in [0.15, 0.2) is 5.96 Å². The lowest BCUT2D eigenvalue weighted by atomic mass is 10.1. The number of ether oxygens (including phenoxy) is 1. The molecule has 24 heavy (non-hydrogen) atoms. The van der Waals surface area contributed by atoms with Gasteiger partial charge in [0.2, 0.25) is 0 Å². The van der Waals surface area contributed by atoms with Gasteiger partial charge in [0.1, 0.15) is 0 Å². The minimum Gasteiger partial charge on any atom is -0.374 e. The molecule has 2 rings (SSSR count). The molecule has 1 aromatic carbocycles. The molecule has 136 valence electrons. The molecule has 1 atom stereocenters. The van der Waals surface area contributed by atoms with Crippen LogP contribution in [-0.2, 0) is 17.7 Å². The van der Waals surface area contributed by atoms with Crippen molar-refractivity contribution < 1.29 is 4.74 Å². The van der Waals surface area contributed by atoms with Crippen LogP contribution in [0.1, 0.15) is 18.1 Å². The van der Waals surface area contributed by atoms with Crippen molar-refractivity contribution >= 4 is 29.9 Å². The summed E-state index contributed by atoms with van der Waals surface area (Å²) in [5.41, 5.74) is 2.67. The number of aliphatic imine (C=N–C) groups is 1. The molecule has 1 aliphatic rings. The van der Waals surface area contributed by atoms with Crippen LogP contribution in [0.3, 0.4) is 0 Å². The van der Waals surface area contributed by atoms with E-state index >= 15 is 0 Å². The van der Waals surface area contributed by atoms with E-state index in [4.69, 9.17) is 4.74 Å². The first-order valence-corrected chi connectivity index (χ1v) is 8.42. The molecule has 0 radical (unpaired) electrons. The first-order chi connectivity index (χ1) is 11.1. The van der Waals surface area contributed by atoms with Crippen LogP contribution in [0.25, 0.3) is 0 Å². The van der Waals surface area contributed by atoms with E-state index in [9.17, 15) is 0 Å². The van der Waals surface area contributed by atoms with Gasteiger partial charge >= 0.3 is 0 Å². The smallest absolute Gasteiger partial charge is 0.193 e. The van der Waals surface area contributed by atoms with Crippen LogP contribution >= 0.6 is 24.0 Å². The molecule has 1 aliphatic heterocycles. The van der Waals surface area contributed by atoms with Crippen LogP contribution in [0.4, 0.5) is 0 Å². The largest absolute Gasteiger partial charge is 0.374 e. The lowest BCUT2D eigenvalue weighted by Crippen LogP contribution is -2.48.